The van der Waals surface area contributed by atoms with Crippen molar-refractivity contribution in [3.63, 3.8) is 0 Å². The highest BCUT2D eigenvalue weighted by Crippen LogP contribution is 2.30. The highest BCUT2D eigenvalue weighted by molar-refractivity contribution is 7.89. The van der Waals surface area contributed by atoms with Gasteiger partial charge in [0.2, 0.25) is 15.9 Å². The van der Waals surface area contributed by atoms with Gasteiger partial charge >= 0.3 is 0 Å². The minimum atomic E-state index is -3.72. The Morgan fingerprint density at radius 2 is 1.91 bits per heavy atom. The van der Waals surface area contributed by atoms with E-state index < -0.39 is 15.9 Å². The summed E-state index contributed by atoms with van der Waals surface area (Å²) in [6, 6.07) is 14.0. The fourth-order valence-corrected chi connectivity index (χ4v) is 5.10. The number of anilines is 1. The number of nitrogens with zero attached hydrogens (tertiary/aromatic N) is 2. The number of amides is 1. The number of nitrogens with one attached hydrogen (secondary N) is 1. The Kier molecular flexibility index (Phi) is 7.26. The first-order valence-corrected chi connectivity index (χ1v) is 12.5. The third kappa shape index (κ3) is 5.44. The molecular weight excluding hydrogens is 454 g/mol. The molecule has 178 valence electrons. The van der Waals surface area contributed by atoms with Crippen molar-refractivity contribution in [3.05, 3.63) is 66.4 Å². The fourth-order valence-electron chi connectivity index (χ4n) is 3.66. The molecule has 1 aromatic heterocycles. The van der Waals surface area contributed by atoms with Gasteiger partial charge in [-0.2, -0.15) is 4.31 Å². The number of para-hydroxylation sites is 1. The van der Waals surface area contributed by atoms with Crippen LogP contribution in [-0.4, -0.2) is 56.0 Å². The van der Waals surface area contributed by atoms with E-state index in [1.807, 2.05) is 44.2 Å². The first-order valence-electron chi connectivity index (χ1n) is 11.1. The zero-order chi connectivity index (χ0) is 24.1. The van der Waals surface area contributed by atoms with Gasteiger partial charge in [0.15, 0.2) is 0 Å². The fraction of sp³-hybridized carbons (Fsp3) is 0.280. The Morgan fingerprint density at radius 1 is 1.15 bits per heavy atom. The van der Waals surface area contributed by atoms with Gasteiger partial charge in [0.25, 0.3) is 0 Å². The molecular formula is C25H27N3O5S. The molecule has 3 aromatic rings. The van der Waals surface area contributed by atoms with Gasteiger partial charge in [0.1, 0.15) is 5.75 Å². The Balaban J connectivity index is 1.60. The minimum Gasteiger partial charge on any atom is -0.489 e. The van der Waals surface area contributed by atoms with Crippen LogP contribution < -0.4 is 10.1 Å². The average Bonchev–Trinajstić information content (AvgIpc) is 2.84. The number of hydrogen-bond acceptors (Lipinski definition) is 6. The number of morpholine rings is 1. The summed E-state index contributed by atoms with van der Waals surface area (Å²) in [5.41, 5.74) is 1.88. The molecule has 2 heterocycles. The van der Waals surface area contributed by atoms with Crippen LogP contribution in [0.3, 0.4) is 0 Å². The predicted octanol–water partition coefficient (Wildman–Crippen LogP) is 3.69. The molecule has 0 saturated carbocycles. The van der Waals surface area contributed by atoms with E-state index in [0.717, 1.165) is 16.5 Å². The quantitative estimate of drug-likeness (QED) is 0.517. The highest BCUT2D eigenvalue weighted by Gasteiger charge is 2.27. The number of pyridine rings is 1. The Bertz CT molecular complexity index is 1310. The van der Waals surface area contributed by atoms with Crippen LogP contribution >= 0.6 is 0 Å². The van der Waals surface area contributed by atoms with Crippen molar-refractivity contribution < 1.29 is 22.7 Å². The lowest BCUT2D eigenvalue weighted by molar-refractivity contribution is -0.111. The molecule has 4 rings (SSSR count). The number of fused-ring (bicyclic) bond motifs is 1. The molecule has 1 fully saturated rings. The molecule has 8 nitrogen and oxygen atoms in total. The van der Waals surface area contributed by atoms with Gasteiger partial charge in [-0.1, -0.05) is 24.3 Å². The number of carbonyl (C=O) groups is 1. The summed E-state index contributed by atoms with van der Waals surface area (Å²) in [6.07, 6.45) is 4.62. The molecule has 0 atom stereocenters. The molecule has 0 bridgehead atoms. The maximum Gasteiger partial charge on any atom is 0.248 e. The largest absolute Gasteiger partial charge is 0.489 e. The van der Waals surface area contributed by atoms with E-state index >= 15 is 0 Å². The number of carbonyl (C=O) groups excluding carboxylic acids is 1. The summed E-state index contributed by atoms with van der Waals surface area (Å²) in [5.74, 6) is -0.0213. The van der Waals surface area contributed by atoms with E-state index in [1.54, 1.807) is 18.3 Å². The molecule has 0 radical (unpaired) electrons. The van der Waals surface area contributed by atoms with Crippen molar-refractivity contribution in [2.24, 2.45) is 0 Å². The zero-order valence-electron chi connectivity index (χ0n) is 19.1. The standard InChI is InChI=1S/C25H27N3O5S/c1-18(2)33-23-10-9-21(34(30,31)28-13-15-32-16-14-28)17-22(23)27-24(29)11-8-20-6-3-5-19-7-4-12-26-25(19)20/h3-12,17-18H,13-16H2,1-2H3,(H,27,29). The van der Waals surface area contributed by atoms with Gasteiger partial charge in [-0.3, -0.25) is 9.78 Å². The van der Waals surface area contributed by atoms with E-state index in [-0.39, 0.29) is 29.8 Å². The molecule has 1 aliphatic heterocycles. The maximum atomic E-state index is 13.1. The normalized spacial score (nSPS) is 15.1. The SMILES string of the molecule is CC(C)Oc1ccc(S(=O)(=O)N2CCOCC2)cc1NC(=O)C=Cc1cccc2cccnc12. The van der Waals surface area contributed by atoms with Crippen molar-refractivity contribution in [3.8, 4) is 5.75 Å². The Morgan fingerprint density at radius 3 is 2.68 bits per heavy atom. The van der Waals surface area contributed by atoms with E-state index in [4.69, 9.17) is 9.47 Å². The number of aromatic nitrogens is 1. The zero-order valence-corrected chi connectivity index (χ0v) is 19.9. The number of sulfonamides is 1. The molecule has 2 aromatic carbocycles. The summed E-state index contributed by atoms with van der Waals surface area (Å²) in [4.78, 5) is 17.2. The van der Waals surface area contributed by atoms with Crippen LogP contribution in [0.1, 0.15) is 19.4 Å². The van der Waals surface area contributed by atoms with E-state index in [9.17, 15) is 13.2 Å². The maximum absolute atomic E-state index is 13.1. The van der Waals surface area contributed by atoms with Crippen molar-refractivity contribution in [1.82, 2.24) is 9.29 Å². The van der Waals surface area contributed by atoms with Crippen LogP contribution in [-0.2, 0) is 19.6 Å². The van der Waals surface area contributed by atoms with E-state index in [1.165, 1.54) is 22.5 Å². The Hall–Kier alpha value is -3.27. The highest BCUT2D eigenvalue weighted by atomic mass is 32.2. The molecule has 1 amide bonds. The average molecular weight is 482 g/mol. The molecule has 1 aliphatic rings. The smallest absolute Gasteiger partial charge is 0.248 e. The molecule has 0 unspecified atom stereocenters. The van der Waals surface area contributed by atoms with Crippen molar-refractivity contribution >= 4 is 38.6 Å². The molecule has 0 aliphatic carbocycles. The number of benzene rings is 2. The first kappa shape index (κ1) is 23.9. The Labute approximate surface area is 199 Å². The summed E-state index contributed by atoms with van der Waals surface area (Å²) >= 11 is 0. The molecule has 1 N–H and O–H groups in total. The van der Waals surface area contributed by atoms with Crippen molar-refractivity contribution in [2.75, 3.05) is 31.6 Å². The van der Waals surface area contributed by atoms with Gasteiger partial charge in [-0.25, -0.2) is 8.42 Å². The lowest BCUT2D eigenvalue weighted by atomic mass is 10.1. The summed E-state index contributed by atoms with van der Waals surface area (Å²) in [5, 5.41) is 3.74. The topological polar surface area (TPSA) is 97.8 Å². The lowest BCUT2D eigenvalue weighted by Crippen LogP contribution is -2.40. The summed E-state index contributed by atoms with van der Waals surface area (Å²) in [7, 11) is -3.72. The van der Waals surface area contributed by atoms with Crippen molar-refractivity contribution in [1.29, 1.82) is 0 Å². The summed E-state index contributed by atoms with van der Waals surface area (Å²) < 4.78 is 38.6. The first-order chi connectivity index (χ1) is 16.3. The number of hydrogen-bond donors (Lipinski definition) is 1. The van der Waals surface area contributed by atoms with E-state index in [0.29, 0.717) is 19.0 Å². The number of rotatable bonds is 7. The number of ether oxygens (including phenoxy) is 2. The second-order valence-corrected chi connectivity index (χ2v) is 10.0. The molecule has 1 saturated heterocycles. The third-order valence-corrected chi connectivity index (χ3v) is 7.15. The minimum absolute atomic E-state index is 0.0861. The van der Waals surface area contributed by atoms with Gasteiger partial charge in [0.05, 0.1) is 35.4 Å². The second-order valence-electron chi connectivity index (χ2n) is 8.09. The lowest BCUT2D eigenvalue weighted by Gasteiger charge is -2.26. The van der Waals surface area contributed by atoms with Crippen LogP contribution in [0.5, 0.6) is 5.75 Å². The predicted molar refractivity (Wildman–Crippen MR) is 131 cm³/mol. The summed E-state index contributed by atoms with van der Waals surface area (Å²) in [6.45, 7) is 5.00. The van der Waals surface area contributed by atoms with E-state index in [2.05, 4.69) is 10.3 Å². The second kappa shape index (κ2) is 10.3. The van der Waals surface area contributed by atoms with Crippen molar-refractivity contribution in [2.45, 2.75) is 24.8 Å². The van der Waals surface area contributed by atoms with Gasteiger partial charge in [0, 0.05) is 36.3 Å². The van der Waals surface area contributed by atoms with Gasteiger partial charge in [-0.15, -0.1) is 0 Å². The van der Waals surface area contributed by atoms with Crippen LogP contribution in [0.2, 0.25) is 0 Å². The monoisotopic (exact) mass is 481 g/mol. The molecule has 34 heavy (non-hydrogen) atoms. The molecule has 0 spiro atoms. The molecule has 9 heteroatoms. The third-order valence-electron chi connectivity index (χ3n) is 5.26. The van der Waals surface area contributed by atoms with Crippen LogP contribution in [0.4, 0.5) is 5.69 Å². The van der Waals surface area contributed by atoms with Crippen LogP contribution in [0, 0.1) is 0 Å². The van der Waals surface area contributed by atoms with Crippen LogP contribution in [0.25, 0.3) is 17.0 Å². The van der Waals surface area contributed by atoms with Gasteiger partial charge in [-0.05, 0) is 44.2 Å². The van der Waals surface area contributed by atoms with Gasteiger partial charge < -0.3 is 14.8 Å². The van der Waals surface area contributed by atoms with Crippen LogP contribution in [0.15, 0.2) is 65.7 Å².